The van der Waals surface area contributed by atoms with Gasteiger partial charge >= 0.3 is 5.97 Å². The molecule has 0 spiro atoms. The average Bonchev–Trinajstić information content (AvgIpc) is 2.32. The first-order chi connectivity index (χ1) is 7.65. The molecule has 3 N–H and O–H groups in total. The monoisotopic (exact) mass is 235 g/mol. The van der Waals surface area contributed by atoms with Gasteiger partial charge in [0, 0.05) is 13.1 Å². The normalized spacial score (nSPS) is 18.1. The number of piperidine rings is 1. The molecule has 0 amide bonds. The summed E-state index contributed by atoms with van der Waals surface area (Å²) in [5.74, 6) is 4.42. The van der Waals surface area contributed by atoms with E-state index in [1.54, 1.807) is 5.01 Å². The molecule has 7 heteroatoms. The number of aliphatic carboxylic acids is 1. The van der Waals surface area contributed by atoms with Crippen molar-refractivity contribution in [1.29, 1.82) is 0 Å². The van der Waals surface area contributed by atoms with Crippen molar-refractivity contribution in [2.75, 3.05) is 20.2 Å². The molecule has 0 bridgehead atoms. The Balaban J connectivity index is 0.00000106. The lowest BCUT2D eigenvalue weighted by molar-refractivity contribution is -0.473. The van der Waals surface area contributed by atoms with Crippen molar-refractivity contribution in [2.24, 2.45) is 11.8 Å². The molecule has 1 fully saturated rings. The van der Waals surface area contributed by atoms with Crippen LogP contribution in [0.3, 0.4) is 0 Å². The maximum Gasteiger partial charge on any atom is 0.306 e. The van der Waals surface area contributed by atoms with Gasteiger partial charge in [0.15, 0.2) is 0 Å². The zero-order valence-corrected chi connectivity index (χ0v) is 10.0. The van der Waals surface area contributed by atoms with Crippen LogP contribution in [0.25, 0.3) is 0 Å². The van der Waals surface area contributed by atoms with E-state index in [0.717, 1.165) is 5.28 Å². The largest absolute Gasteiger partial charge is 0.481 e. The molecule has 1 aliphatic heterocycles. The SMILES string of the molecule is CC.COON(N)N1CCC(C(=O)O)CC1. The third-order valence-electron chi connectivity index (χ3n) is 2.25. The van der Waals surface area contributed by atoms with E-state index < -0.39 is 5.97 Å². The van der Waals surface area contributed by atoms with Crippen molar-refractivity contribution in [3.63, 3.8) is 0 Å². The summed E-state index contributed by atoms with van der Waals surface area (Å²) in [4.78, 5) is 19.6. The van der Waals surface area contributed by atoms with Gasteiger partial charge in [0.2, 0.25) is 0 Å². The summed E-state index contributed by atoms with van der Waals surface area (Å²) in [5, 5.41) is 11.4. The van der Waals surface area contributed by atoms with E-state index in [0.29, 0.717) is 25.9 Å². The summed E-state index contributed by atoms with van der Waals surface area (Å²) >= 11 is 0. The lowest BCUT2D eigenvalue weighted by Crippen LogP contribution is -2.51. The summed E-state index contributed by atoms with van der Waals surface area (Å²) in [6.45, 7) is 5.10. The molecule has 7 nitrogen and oxygen atoms in total. The van der Waals surface area contributed by atoms with Crippen molar-refractivity contribution < 1.29 is 19.8 Å². The van der Waals surface area contributed by atoms with Gasteiger partial charge in [-0.15, -0.1) is 4.99 Å². The predicted molar refractivity (Wildman–Crippen MR) is 57.4 cm³/mol. The first kappa shape index (κ1) is 15.3. The third kappa shape index (κ3) is 4.86. The van der Waals surface area contributed by atoms with E-state index in [2.05, 4.69) is 9.88 Å². The molecule has 0 aromatic carbocycles. The highest BCUT2D eigenvalue weighted by Crippen LogP contribution is 2.17. The van der Waals surface area contributed by atoms with Crippen molar-refractivity contribution in [1.82, 2.24) is 10.3 Å². The average molecular weight is 235 g/mol. The van der Waals surface area contributed by atoms with E-state index in [4.69, 9.17) is 10.9 Å². The van der Waals surface area contributed by atoms with Gasteiger partial charge in [-0.05, 0) is 18.1 Å². The zero-order chi connectivity index (χ0) is 12.6. The summed E-state index contributed by atoms with van der Waals surface area (Å²) in [7, 11) is 1.35. The van der Waals surface area contributed by atoms with Crippen molar-refractivity contribution in [3.8, 4) is 0 Å². The van der Waals surface area contributed by atoms with Gasteiger partial charge < -0.3 is 5.11 Å². The van der Waals surface area contributed by atoms with Gasteiger partial charge in [-0.3, -0.25) is 4.79 Å². The molecular formula is C9H21N3O4. The summed E-state index contributed by atoms with van der Waals surface area (Å²) in [5.41, 5.74) is 0. The number of hydrogen-bond donors (Lipinski definition) is 2. The minimum atomic E-state index is -0.749. The van der Waals surface area contributed by atoms with Crippen LogP contribution in [0.15, 0.2) is 0 Å². The highest BCUT2D eigenvalue weighted by atomic mass is 17.3. The minimum Gasteiger partial charge on any atom is -0.481 e. The van der Waals surface area contributed by atoms with E-state index in [1.165, 1.54) is 7.11 Å². The Labute approximate surface area is 95.5 Å². The Hall–Kier alpha value is -0.730. The molecule has 0 aromatic rings. The highest BCUT2D eigenvalue weighted by molar-refractivity contribution is 5.70. The summed E-state index contributed by atoms with van der Waals surface area (Å²) in [6.07, 6.45) is 1.13. The van der Waals surface area contributed by atoms with Crippen LogP contribution in [0.5, 0.6) is 0 Å². The fourth-order valence-corrected chi connectivity index (χ4v) is 1.43. The molecule has 1 rings (SSSR count). The van der Waals surface area contributed by atoms with Gasteiger partial charge in [-0.2, -0.15) is 0 Å². The van der Waals surface area contributed by atoms with Crippen LogP contribution in [-0.2, 0) is 14.7 Å². The Bertz CT molecular complexity index is 195. The van der Waals surface area contributed by atoms with Gasteiger partial charge in [-0.1, -0.05) is 13.8 Å². The van der Waals surface area contributed by atoms with Gasteiger partial charge in [0.1, 0.15) is 0 Å². The van der Waals surface area contributed by atoms with Crippen LogP contribution in [-0.4, -0.2) is 41.6 Å². The van der Waals surface area contributed by atoms with Crippen LogP contribution in [0, 0.1) is 5.92 Å². The zero-order valence-electron chi connectivity index (χ0n) is 10.0. The molecule has 0 radical (unpaired) electrons. The molecule has 0 aliphatic carbocycles. The fraction of sp³-hybridized carbons (Fsp3) is 0.889. The molecule has 0 atom stereocenters. The molecule has 16 heavy (non-hydrogen) atoms. The number of rotatable bonds is 4. The number of carboxylic acid groups (broad SMARTS) is 1. The van der Waals surface area contributed by atoms with Crippen LogP contribution in [0.1, 0.15) is 26.7 Å². The standard InChI is InChI=1S/C7H15N3O4.C2H6/c1-13-14-10(8)9-4-2-6(3-5-9)7(11)12;1-2/h6H,2-5,8H2,1H3,(H,11,12);1-2H3. The van der Waals surface area contributed by atoms with Crippen molar-refractivity contribution in [3.05, 3.63) is 0 Å². The lowest BCUT2D eigenvalue weighted by atomic mass is 9.98. The van der Waals surface area contributed by atoms with E-state index >= 15 is 0 Å². The second kappa shape index (κ2) is 8.43. The lowest BCUT2D eigenvalue weighted by Gasteiger charge is -2.33. The number of hydrazine groups is 2. The van der Waals surface area contributed by atoms with Gasteiger partial charge in [0.25, 0.3) is 0 Å². The molecular weight excluding hydrogens is 214 g/mol. The molecule has 96 valence electrons. The summed E-state index contributed by atoms with van der Waals surface area (Å²) < 4.78 is 0. The second-order valence-electron chi connectivity index (χ2n) is 3.11. The molecule has 1 aliphatic rings. The van der Waals surface area contributed by atoms with Crippen LogP contribution in [0.2, 0.25) is 0 Å². The number of nitrogens with two attached hydrogens (primary N) is 1. The third-order valence-corrected chi connectivity index (χ3v) is 2.25. The molecule has 1 heterocycles. The maximum atomic E-state index is 10.6. The number of carboxylic acids is 1. The highest BCUT2D eigenvalue weighted by Gasteiger charge is 2.27. The maximum absolute atomic E-state index is 10.6. The van der Waals surface area contributed by atoms with Gasteiger partial charge in [-0.25, -0.2) is 15.7 Å². The van der Waals surface area contributed by atoms with Gasteiger partial charge in [0.05, 0.1) is 13.0 Å². The predicted octanol–water partition coefficient (Wildman–Crippen LogP) is 0.393. The summed E-state index contributed by atoms with van der Waals surface area (Å²) in [6, 6.07) is 0. The minimum absolute atomic E-state index is 0.276. The number of carbonyl (C=O) groups is 1. The van der Waals surface area contributed by atoms with E-state index in [1.807, 2.05) is 13.8 Å². The molecule has 1 saturated heterocycles. The van der Waals surface area contributed by atoms with Crippen LogP contribution in [0.4, 0.5) is 0 Å². The molecule has 0 aromatic heterocycles. The Morgan fingerprint density at radius 2 is 1.94 bits per heavy atom. The van der Waals surface area contributed by atoms with Crippen molar-refractivity contribution >= 4 is 5.97 Å². The van der Waals surface area contributed by atoms with Crippen molar-refractivity contribution in [2.45, 2.75) is 26.7 Å². The number of hydrogen-bond acceptors (Lipinski definition) is 6. The quantitative estimate of drug-likeness (QED) is 0.414. The molecule has 0 saturated carbocycles. The molecule has 0 unspecified atom stereocenters. The second-order valence-corrected chi connectivity index (χ2v) is 3.11. The first-order valence-electron chi connectivity index (χ1n) is 5.38. The van der Waals surface area contributed by atoms with Crippen LogP contribution >= 0.6 is 0 Å². The Morgan fingerprint density at radius 1 is 1.44 bits per heavy atom. The Morgan fingerprint density at radius 3 is 2.31 bits per heavy atom. The van der Waals surface area contributed by atoms with E-state index in [9.17, 15) is 4.79 Å². The Kier molecular flexibility index (Phi) is 8.04. The van der Waals surface area contributed by atoms with Crippen LogP contribution < -0.4 is 5.84 Å². The smallest absolute Gasteiger partial charge is 0.306 e. The topological polar surface area (TPSA) is 88.3 Å². The number of nitrogens with zero attached hydrogens (tertiary/aromatic N) is 2. The van der Waals surface area contributed by atoms with E-state index in [-0.39, 0.29) is 5.92 Å². The fourth-order valence-electron chi connectivity index (χ4n) is 1.43. The first-order valence-corrected chi connectivity index (χ1v) is 5.38.